The number of amides is 2. The summed E-state index contributed by atoms with van der Waals surface area (Å²) in [6.45, 7) is 10.2. The number of aryl methyl sites for hydroxylation is 2. The first-order chi connectivity index (χ1) is 41.9. The highest BCUT2D eigenvalue weighted by molar-refractivity contribution is 7.91. The number of fused-ring (bicyclic) bond motifs is 8. The summed E-state index contributed by atoms with van der Waals surface area (Å²) in [5.74, 6) is -0.769. The van der Waals surface area contributed by atoms with Gasteiger partial charge in [0.05, 0.1) is 71.3 Å². The molecule has 4 heterocycles. The maximum Gasteiger partial charge on any atom is 0.264 e. The van der Waals surface area contributed by atoms with E-state index in [4.69, 9.17) is 32.7 Å². The largest absolute Gasteiger partial charge is 0.490 e. The third-order valence-electron chi connectivity index (χ3n) is 21.2. The number of allylic oxidation sites excluding steroid dienone is 2. The van der Waals surface area contributed by atoms with E-state index in [0.29, 0.717) is 73.8 Å². The molecule has 20 heteroatoms. The number of carbonyl (C=O) groups is 2. The summed E-state index contributed by atoms with van der Waals surface area (Å²) >= 11 is 12.8. The molecular weight excluding hydrogens is 1200 g/mol. The van der Waals surface area contributed by atoms with Gasteiger partial charge in [0.25, 0.3) is 11.8 Å². The first kappa shape index (κ1) is 63.4. The Labute approximate surface area is 528 Å². The van der Waals surface area contributed by atoms with Crippen LogP contribution in [0.15, 0.2) is 97.1 Å². The van der Waals surface area contributed by atoms with Gasteiger partial charge in [0.2, 0.25) is 20.0 Å². The Morgan fingerprint density at radius 3 is 1.39 bits per heavy atom. The van der Waals surface area contributed by atoms with Crippen LogP contribution >= 0.6 is 23.2 Å². The minimum atomic E-state index is -3.99. The van der Waals surface area contributed by atoms with E-state index in [0.717, 1.165) is 75.6 Å². The molecule has 4 aliphatic heterocycles. The molecule has 0 unspecified atom stereocenters. The lowest BCUT2D eigenvalue weighted by molar-refractivity contribution is -0.0420. The fourth-order valence-electron chi connectivity index (χ4n) is 15.4. The molecule has 0 radical (unpaired) electrons. The number of hydrogen-bond donors (Lipinski definition) is 4. The molecule has 8 aliphatic rings. The Hall–Kier alpha value is -6.12. The van der Waals surface area contributed by atoms with E-state index in [1.165, 1.54) is 22.3 Å². The summed E-state index contributed by atoms with van der Waals surface area (Å²) in [5, 5.41) is 42.8. The molecule has 2 saturated carbocycles. The number of carbonyl (C=O) groups excluding carboxylic acids is 2. The van der Waals surface area contributed by atoms with Gasteiger partial charge >= 0.3 is 0 Å². The summed E-state index contributed by atoms with van der Waals surface area (Å²) < 4.78 is 70.7. The molecule has 0 aromatic heterocycles. The average molecular weight is 1280 g/mol. The Morgan fingerprint density at radius 1 is 0.602 bits per heavy atom. The third kappa shape index (κ3) is 12.4. The van der Waals surface area contributed by atoms with Crippen molar-refractivity contribution < 1.29 is 46.1 Å². The number of halogens is 2. The zero-order chi connectivity index (χ0) is 62.6. The van der Waals surface area contributed by atoms with Gasteiger partial charge in [0.15, 0.2) is 0 Å². The topological polar surface area (TPSA) is 239 Å². The first-order valence-corrected chi connectivity index (χ1v) is 35.0. The maximum absolute atomic E-state index is 13.4. The van der Waals surface area contributed by atoms with Gasteiger partial charge < -0.3 is 29.5 Å². The monoisotopic (exact) mass is 1270 g/mol. The van der Waals surface area contributed by atoms with Crippen molar-refractivity contribution >= 4 is 66.4 Å². The third-order valence-corrected chi connectivity index (χ3v) is 25.5. The second-order valence-corrected chi connectivity index (χ2v) is 31.7. The summed E-state index contributed by atoms with van der Waals surface area (Å²) in [6.07, 6.45) is 16.8. The van der Waals surface area contributed by atoms with Crippen LogP contribution in [0.5, 0.6) is 11.5 Å². The normalized spacial score (nSPS) is 33.8. The molecule has 2 spiro atoms. The highest BCUT2D eigenvalue weighted by atomic mass is 35.5. The van der Waals surface area contributed by atoms with E-state index in [9.17, 15) is 47.2 Å². The van der Waals surface area contributed by atoms with Gasteiger partial charge in [-0.3, -0.25) is 9.59 Å². The summed E-state index contributed by atoms with van der Waals surface area (Å²) in [6, 6.07) is 26.8. The standard InChI is InChI=1S/2C34H40ClN3O5S/c2*1-22-5-3-14-34(40,15-16-36)29-10-7-26(29)19-38-20-33(13-4-6-24-17-27(35)9-11-28(24)33)21-43-31-12-8-25(18-30(31)38)32(39)37-44(41,42)23(22)2/h2*3,8-9,11-12,14,17-18,22-23,26,29,40H,4-7,10,13,15,19-21H2,1-2H3,(H,37,39)/b2*14-3+/t22-,23+,26-,29+,33-,34+;22-,23+,26-,29+,33-,34-/m00/s1. The molecule has 0 saturated heterocycles. The zero-order valence-electron chi connectivity index (χ0n) is 50.5. The van der Waals surface area contributed by atoms with E-state index >= 15 is 0 Å². The SMILES string of the molecule is C[C@@H]1[C@@H](C)C/C=C/[C@@](O)(CC#N)[C@@H]2CC[C@H]2CN2C[C@@]3(CCCc4cc(Cl)ccc43)COc3ccc(cc32)C(=O)NS1(=O)=O.C[C@@H]1[C@@H](C)C/C=C/[C@](O)(CC#N)[C@@H]2CC[C@H]2CN2C[C@@]3(CCCc4cc(Cl)ccc43)COc3ccc(cc32)C(=O)NS1(=O)=O. The van der Waals surface area contributed by atoms with Crippen LogP contribution in [0.2, 0.25) is 10.0 Å². The van der Waals surface area contributed by atoms with Crippen LogP contribution in [-0.4, -0.2) is 100.0 Å². The minimum absolute atomic E-state index is 0.0368. The number of sulfonamides is 2. The highest BCUT2D eigenvalue weighted by Crippen LogP contribution is 2.51. The quantitative estimate of drug-likeness (QED) is 0.137. The van der Waals surface area contributed by atoms with Crippen molar-refractivity contribution in [1.82, 2.24) is 9.44 Å². The van der Waals surface area contributed by atoms with Crippen LogP contribution in [0.4, 0.5) is 11.4 Å². The number of ether oxygens (including phenoxy) is 2. The molecule has 88 heavy (non-hydrogen) atoms. The number of anilines is 2. The van der Waals surface area contributed by atoms with Crippen molar-refractivity contribution in [2.45, 2.75) is 150 Å². The summed E-state index contributed by atoms with van der Waals surface area (Å²) in [4.78, 5) is 31.3. The molecule has 2 fully saturated rings. The molecule has 4 N–H and O–H groups in total. The van der Waals surface area contributed by atoms with Crippen molar-refractivity contribution in [3.63, 3.8) is 0 Å². The minimum Gasteiger partial charge on any atom is -0.490 e. The predicted octanol–water partition coefficient (Wildman–Crippen LogP) is 11.1. The van der Waals surface area contributed by atoms with Gasteiger partial charge in [-0.1, -0.05) is 73.5 Å². The summed E-state index contributed by atoms with van der Waals surface area (Å²) in [5.41, 5.74) is 3.54. The van der Waals surface area contributed by atoms with Crippen LogP contribution in [0, 0.1) is 58.2 Å². The van der Waals surface area contributed by atoms with Crippen molar-refractivity contribution in [3.05, 3.63) is 141 Å². The van der Waals surface area contributed by atoms with Crippen LogP contribution in [0.25, 0.3) is 0 Å². The molecule has 16 nitrogen and oxygen atoms in total. The molecular formula is C68H80Cl2N6O10S2. The number of aliphatic hydroxyl groups is 2. The van der Waals surface area contributed by atoms with Gasteiger partial charge in [-0.25, -0.2) is 26.3 Å². The summed E-state index contributed by atoms with van der Waals surface area (Å²) in [7, 11) is -7.98. The Bertz CT molecular complexity index is 3520. The van der Waals surface area contributed by atoms with Gasteiger partial charge in [-0.05, 0) is 209 Å². The van der Waals surface area contributed by atoms with Crippen LogP contribution < -0.4 is 28.7 Å². The van der Waals surface area contributed by atoms with Crippen molar-refractivity contribution in [2.24, 2.45) is 35.5 Å². The number of rotatable bonds is 2. The fourth-order valence-corrected chi connectivity index (χ4v) is 18.3. The number of benzene rings is 4. The second-order valence-electron chi connectivity index (χ2n) is 26.7. The number of nitrogens with zero attached hydrogens (tertiary/aromatic N) is 4. The zero-order valence-corrected chi connectivity index (χ0v) is 53.7. The van der Waals surface area contributed by atoms with E-state index < -0.39 is 53.6 Å². The number of hydrogen-bond acceptors (Lipinski definition) is 14. The molecule has 4 aromatic rings. The van der Waals surface area contributed by atoms with E-state index in [-0.39, 0.29) is 70.3 Å². The van der Waals surface area contributed by atoms with Gasteiger partial charge in [-0.15, -0.1) is 0 Å². The van der Waals surface area contributed by atoms with Crippen molar-refractivity contribution in [2.75, 3.05) is 49.2 Å². The van der Waals surface area contributed by atoms with Crippen LogP contribution in [0.3, 0.4) is 0 Å². The van der Waals surface area contributed by atoms with E-state index in [1.54, 1.807) is 74.5 Å². The maximum atomic E-state index is 13.4. The highest BCUT2D eigenvalue weighted by Gasteiger charge is 2.51. The lowest BCUT2D eigenvalue weighted by Gasteiger charge is -2.48. The van der Waals surface area contributed by atoms with Crippen molar-refractivity contribution in [1.29, 1.82) is 10.5 Å². The lowest BCUT2D eigenvalue weighted by Crippen LogP contribution is -2.52. The Balaban J connectivity index is 0.000000182. The lowest BCUT2D eigenvalue weighted by atomic mass is 9.63. The first-order valence-electron chi connectivity index (χ1n) is 31.2. The molecule has 4 aliphatic carbocycles. The average Bonchev–Trinajstić information content (AvgIpc) is 1.91. The van der Waals surface area contributed by atoms with E-state index in [1.807, 2.05) is 38.1 Å². The van der Waals surface area contributed by atoms with Crippen LogP contribution in [-0.2, 0) is 43.7 Å². The van der Waals surface area contributed by atoms with Gasteiger partial charge in [0.1, 0.15) is 11.5 Å². The van der Waals surface area contributed by atoms with Crippen LogP contribution in [0.1, 0.15) is 148 Å². The molecule has 12 rings (SSSR count). The Kier molecular flexibility index (Phi) is 18.0. The van der Waals surface area contributed by atoms with Gasteiger partial charge in [-0.2, -0.15) is 10.5 Å². The molecule has 2 amide bonds. The van der Waals surface area contributed by atoms with E-state index in [2.05, 4.69) is 43.5 Å². The second kappa shape index (κ2) is 24.9. The fraction of sp³-hybridized carbons (Fsp3) is 0.529. The smallest absolute Gasteiger partial charge is 0.264 e. The predicted molar refractivity (Wildman–Crippen MR) is 341 cm³/mol. The molecule has 12 atom stereocenters. The molecule has 4 bridgehead atoms. The van der Waals surface area contributed by atoms with Crippen molar-refractivity contribution in [3.8, 4) is 23.6 Å². The number of nitrogens with one attached hydrogen (secondary N) is 2. The molecule has 468 valence electrons. The Morgan fingerprint density at radius 2 is 1.01 bits per heavy atom. The number of nitriles is 2. The van der Waals surface area contributed by atoms with Gasteiger partial charge in [0, 0.05) is 58.2 Å². The molecule has 4 aromatic carbocycles.